The Morgan fingerprint density at radius 2 is 1.16 bits per heavy atom. The van der Waals surface area contributed by atoms with Crippen LogP contribution in [0.2, 0.25) is 0 Å². The Morgan fingerprint density at radius 3 is 1.78 bits per heavy atom. The van der Waals surface area contributed by atoms with E-state index in [1.165, 1.54) is 75.9 Å². The third-order valence-electron chi connectivity index (χ3n) is 11.5. The molecule has 3 heteroatoms. The van der Waals surface area contributed by atoms with E-state index in [1.54, 1.807) is 3.28 Å². The molecule has 0 aliphatic heterocycles. The molecule has 0 amide bonds. The van der Waals surface area contributed by atoms with Gasteiger partial charge in [0.2, 0.25) is 0 Å². The quantitative estimate of drug-likeness (QED) is 0.157. The van der Waals surface area contributed by atoms with E-state index in [0.717, 1.165) is 12.8 Å². The average Bonchev–Trinajstić information content (AvgIpc) is 3.67. The third-order valence-corrected chi connectivity index (χ3v) is 27.7. The summed E-state index contributed by atoms with van der Waals surface area (Å²) in [5, 5.41) is 5.48. The van der Waals surface area contributed by atoms with E-state index >= 15 is 0 Å². The van der Waals surface area contributed by atoms with E-state index in [-0.39, 0.29) is 30.2 Å². The summed E-state index contributed by atoms with van der Waals surface area (Å²) >= 11 is -5.03. The van der Waals surface area contributed by atoms with Gasteiger partial charge in [-0.15, -0.1) is 24.8 Å². The molecule has 6 aromatic rings. The molecular formula is C46H46Cl2Zr. The topological polar surface area (TPSA) is 0 Å². The van der Waals surface area contributed by atoms with Gasteiger partial charge >= 0.3 is 283 Å². The van der Waals surface area contributed by atoms with Crippen LogP contribution in [-0.2, 0) is 24.7 Å². The number of aryl methyl sites for hydroxylation is 2. The third kappa shape index (κ3) is 4.99. The number of hydrogen-bond acceptors (Lipinski definition) is 0. The number of rotatable bonds is 4. The van der Waals surface area contributed by atoms with Crippen LogP contribution in [-0.4, -0.2) is 4.21 Å². The van der Waals surface area contributed by atoms with Crippen molar-refractivity contribution >= 4 is 60.4 Å². The SMILES string of the molecule is Cl.Cl.[CH2]=[Zr]([C]1=C(C(C)(C)C)C(C)=CC1)([c]1ccc(C)cc1)([c]1ccc(C)cc1)[c]1cccc2c1c1c(c3ccccc32)-c2ccccc2C1. The monoisotopic (exact) mass is 758 g/mol. The van der Waals surface area contributed by atoms with Gasteiger partial charge in [-0.2, -0.15) is 0 Å². The Kier molecular flexibility index (Phi) is 9.02. The summed E-state index contributed by atoms with van der Waals surface area (Å²) < 4.78 is 11.8. The number of allylic oxidation sites excluding steroid dienone is 4. The first-order valence-corrected chi connectivity index (χ1v) is 23.8. The molecule has 0 saturated heterocycles. The second-order valence-electron chi connectivity index (χ2n) is 15.3. The fourth-order valence-electron chi connectivity index (χ4n) is 9.45. The van der Waals surface area contributed by atoms with Crippen molar-refractivity contribution < 1.29 is 18.3 Å². The summed E-state index contributed by atoms with van der Waals surface area (Å²) in [6, 6.07) is 44.5. The summed E-state index contributed by atoms with van der Waals surface area (Å²) in [7, 11) is 0. The molecule has 2 aliphatic rings. The zero-order valence-corrected chi connectivity index (χ0v) is 33.6. The molecule has 0 unspecified atom stereocenters. The zero-order valence-electron chi connectivity index (χ0n) is 29.5. The molecule has 8 rings (SSSR count). The van der Waals surface area contributed by atoms with Crippen molar-refractivity contribution in [2.24, 2.45) is 5.41 Å². The summed E-state index contributed by atoms with van der Waals surface area (Å²) in [5.41, 5.74) is 11.2. The van der Waals surface area contributed by atoms with Crippen LogP contribution in [0.1, 0.15) is 56.4 Å². The summed E-state index contributed by atoms with van der Waals surface area (Å²) in [5.74, 6) is 0. The minimum atomic E-state index is -5.03. The van der Waals surface area contributed by atoms with Crippen molar-refractivity contribution in [1.29, 1.82) is 0 Å². The first-order chi connectivity index (χ1) is 22.5. The van der Waals surface area contributed by atoms with Crippen molar-refractivity contribution in [3.63, 3.8) is 0 Å². The Balaban J connectivity index is 0.00000208. The molecule has 0 radical (unpaired) electrons. The van der Waals surface area contributed by atoms with Gasteiger partial charge in [-0.1, -0.05) is 0 Å². The molecule has 2 aliphatic carbocycles. The summed E-state index contributed by atoms with van der Waals surface area (Å²) in [6.07, 6.45) is 4.39. The maximum atomic E-state index is 5.87. The number of benzene rings is 6. The van der Waals surface area contributed by atoms with Gasteiger partial charge in [0.05, 0.1) is 0 Å². The Hall–Kier alpha value is -3.35. The molecule has 0 nitrogen and oxygen atoms in total. The normalized spacial score (nSPS) is 14.3. The van der Waals surface area contributed by atoms with Crippen molar-refractivity contribution in [3.8, 4) is 11.1 Å². The predicted molar refractivity (Wildman–Crippen MR) is 217 cm³/mol. The van der Waals surface area contributed by atoms with Crippen LogP contribution in [0.25, 0.3) is 32.7 Å². The van der Waals surface area contributed by atoms with E-state index in [1.807, 2.05) is 0 Å². The van der Waals surface area contributed by atoms with Crippen LogP contribution < -0.4 is 9.81 Å². The molecule has 49 heavy (non-hydrogen) atoms. The number of halogens is 2. The van der Waals surface area contributed by atoms with E-state index in [2.05, 4.69) is 163 Å². The molecular weight excluding hydrogens is 715 g/mol. The maximum absolute atomic E-state index is 5.87. The Bertz CT molecular complexity index is 2350. The van der Waals surface area contributed by atoms with Gasteiger partial charge in [0.1, 0.15) is 0 Å². The van der Waals surface area contributed by atoms with Gasteiger partial charge in [-0.25, -0.2) is 0 Å². The standard InChI is InChI=1S/C21H13.C10H15.2C7H7.CH2.2ClH.Zr/c1-2-8-15-14(7-1)13-20-18-11-4-3-9-16(18)17-10-5-6-12-19(17)21(15)20;1-8-6-5-7-9(8)10(2,3)4;2*1-7-5-3-2-4-6-7;;;;/h1-10,12H,13H2;6H,5H2,1-4H3;2*3-6H,1H3;1H2;2*1H;. The van der Waals surface area contributed by atoms with E-state index < -0.39 is 18.3 Å². The Morgan fingerprint density at radius 1 is 0.612 bits per heavy atom. The van der Waals surface area contributed by atoms with Gasteiger partial charge in [0, 0.05) is 0 Å². The Labute approximate surface area is 305 Å². The van der Waals surface area contributed by atoms with Gasteiger partial charge in [0.15, 0.2) is 0 Å². The second-order valence-corrected chi connectivity index (χ2v) is 28.2. The van der Waals surface area contributed by atoms with Crippen LogP contribution in [0.15, 0.2) is 136 Å². The van der Waals surface area contributed by atoms with E-state index in [9.17, 15) is 0 Å². The van der Waals surface area contributed by atoms with E-state index in [4.69, 9.17) is 4.21 Å². The van der Waals surface area contributed by atoms with Gasteiger partial charge in [0.25, 0.3) is 0 Å². The molecule has 0 atom stereocenters. The molecule has 0 bridgehead atoms. The molecule has 0 aromatic heterocycles. The van der Waals surface area contributed by atoms with Crippen LogP contribution in [0, 0.1) is 19.3 Å². The van der Waals surface area contributed by atoms with Gasteiger partial charge < -0.3 is 0 Å². The van der Waals surface area contributed by atoms with Crippen molar-refractivity contribution in [3.05, 3.63) is 158 Å². The van der Waals surface area contributed by atoms with E-state index in [0.29, 0.717) is 0 Å². The van der Waals surface area contributed by atoms with Crippen molar-refractivity contribution in [2.75, 3.05) is 0 Å². The van der Waals surface area contributed by atoms with Crippen LogP contribution >= 0.6 is 24.8 Å². The zero-order chi connectivity index (χ0) is 32.7. The molecule has 0 fully saturated rings. The fourth-order valence-corrected chi connectivity index (χ4v) is 26.1. The molecule has 0 heterocycles. The molecule has 0 saturated carbocycles. The van der Waals surface area contributed by atoms with Crippen LogP contribution in [0.5, 0.6) is 0 Å². The average molecular weight is 761 g/mol. The minimum absolute atomic E-state index is 0. The first kappa shape index (κ1) is 35.5. The second kappa shape index (κ2) is 12.5. The molecule has 0 spiro atoms. The van der Waals surface area contributed by atoms with Crippen molar-refractivity contribution in [1.82, 2.24) is 0 Å². The molecule has 6 aromatic carbocycles. The summed E-state index contributed by atoms with van der Waals surface area (Å²) in [6.45, 7) is 14.0. The molecule has 0 N–H and O–H groups in total. The number of hydrogen-bond donors (Lipinski definition) is 0. The van der Waals surface area contributed by atoms with Crippen molar-refractivity contribution in [2.45, 2.75) is 54.4 Å². The predicted octanol–water partition coefficient (Wildman–Crippen LogP) is 11.1. The van der Waals surface area contributed by atoms with Gasteiger partial charge in [-0.05, 0) is 0 Å². The van der Waals surface area contributed by atoms with Crippen LogP contribution in [0.3, 0.4) is 0 Å². The van der Waals surface area contributed by atoms with Crippen LogP contribution in [0.4, 0.5) is 0 Å². The first-order valence-electron chi connectivity index (χ1n) is 17.2. The van der Waals surface area contributed by atoms with Gasteiger partial charge in [-0.3, -0.25) is 0 Å². The molecule has 248 valence electrons. The fraction of sp³-hybridized carbons (Fsp3) is 0.196. The number of fused-ring (bicyclic) bond motifs is 8. The summed E-state index contributed by atoms with van der Waals surface area (Å²) in [4.78, 5) is 0.